The largest absolute Gasteiger partial charge is 0.361 e. The Morgan fingerprint density at radius 1 is 1.15 bits per heavy atom. The molecule has 1 aromatic carbocycles. The van der Waals surface area contributed by atoms with Gasteiger partial charge in [0.15, 0.2) is 0 Å². The third kappa shape index (κ3) is 3.22. The van der Waals surface area contributed by atoms with Crippen LogP contribution in [0.2, 0.25) is 0 Å². The average Bonchev–Trinajstić information content (AvgIpc) is 2.89. The van der Waals surface area contributed by atoms with Crippen molar-refractivity contribution in [3.8, 4) is 0 Å². The van der Waals surface area contributed by atoms with Crippen molar-refractivity contribution in [2.45, 2.75) is 38.1 Å². The lowest BCUT2D eigenvalue weighted by atomic mass is 9.86. The van der Waals surface area contributed by atoms with E-state index < -0.39 is 0 Å². The molecule has 1 saturated carbocycles. The summed E-state index contributed by atoms with van der Waals surface area (Å²) < 4.78 is 0. The minimum Gasteiger partial charge on any atom is -0.361 e. The van der Waals surface area contributed by atoms with Gasteiger partial charge < -0.3 is 16.0 Å². The molecule has 1 aliphatic carbocycles. The van der Waals surface area contributed by atoms with Gasteiger partial charge in [0.25, 0.3) is 0 Å². The van der Waals surface area contributed by atoms with Gasteiger partial charge in [0.1, 0.15) is 0 Å². The van der Waals surface area contributed by atoms with E-state index in [0.29, 0.717) is 6.04 Å². The van der Waals surface area contributed by atoms with Crippen molar-refractivity contribution in [3.05, 3.63) is 36.0 Å². The summed E-state index contributed by atoms with van der Waals surface area (Å²) in [6.45, 7) is 2.21. The van der Waals surface area contributed by atoms with Crippen molar-refractivity contribution in [2.24, 2.45) is 11.7 Å². The monoisotopic (exact) mass is 271 g/mol. The van der Waals surface area contributed by atoms with Gasteiger partial charge in [-0.3, -0.25) is 0 Å². The van der Waals surface area contributed by atoms with E-state index in [1.54, 1.807) is 0 Å². The van der Waals surface area contributed by atoms with Crippen LogP contribution in [-0.2, 0) is 6.42 Å². The van der Waals surface area contributed by atoms with Crippen LogP contribution < -0.4 is 11.1 Å². The summed E-state index contributed by atoms with van der Waals surface area (Å²) in [5, 5.41) is 4.98. The fourth-order valence-corrected chi connectivity index (χ4v) is 3.26. The Kier molecular flexibility index (Phi) is 4.38. The number of hydrogen-bond donors (Lipinski definition) is 3. The molecule has 1 aliphatic rings. The lowest BCUT2D eigenvalue weighted by molar-refractivity contribution is 0.315. The van der Waals surface area contributed by atoms with E-state index in [1.165, 1.54) is 42.1 Å². The first-order chi connectivity index (χ1) is 9.83. The highest BCUT2D eigenvalue weighted by molar-refractivity contribution is 5.83. The van der Waals surface area contributed by atoms with Crippen molar-refractivity contribution in [3.63, 3.8) is 0 Å². The van der Waals surface area contributed by atoms with Crippen molar-refractivity contribution >= 4 is 10.9 Å². The first kappa shape index (κ1) is 13.7. The van der Waals surface area contributed by atoms with Crippen LogP contribution in [0.15, 0.2) is 30.5 Å². The van der Waals surface area contributed by atoms with Gasteiger partial charge in [0.05, 0.1) is 0 Å². The van der Waals surface area contributed by atoms with Crippen LogP contribution in [-0.4, -0.2) is 24.1 Å². The molecule has 1 aromatic heterocycles. The summed E-state index contributed by atoms with van der Waals surface area (Å²) in [6, 6.07) is 8.98. The summed E-state index contributed by atoms with van der Waals surface area (Å²) in [4.78, 5) is 3.34. The third-order valence-electron chi connectivity index (χ3n) is 4.57. The van der Waals surface area contributed by atoms with Crippen molar-refractivity contribution in [1.29, 1.82) is 0 Å². The second kappa shape index (κ2) is 6.42. The number of H-pyrrole nitrogens is 1. The van der Waals surface area contributed by atoms with Gasteiger partial charge in [0, 0.05) is 23.1 Å². The van der Waals surface area contributed by atoms with Gasteiger partial charge in [-0.2, -0.15) is 0 Å². The Balaban J connectivity index is 1.44. The first-order valence-electron chi connectivity index (χ1n) is 7.84. The zero-order valence-corrected chi connectivity index (χ0v) is 12.1. The van der Waals surface area contributed by atoms with E-state index in [0.717, 1.165) is 25.4 Å². The topological polar surface area (TPSA) is 53.8 Å². The zero-order valence-electron chi connectivity index (χ0n) is 12.1. The molecule has 20 heavy (non-hydrogen) atoms. The fourth-order valence-electron chi connectivity index (χ4n) is 3.26. The predicted molar refractivity (Wildman–Crippen MR) is 84.8 cm³/mol. The van der Waals surface area contributed by atoms with Gasteiger partial charge in [-0.25, -0.2) is 0 Å². The highest BCUT2D eigenvalue weighted by atomic mass is 14.9. The number of nitrogens with two attached hydrogens (primary N) is 1. The number of nitrogens with one attached hydrogen (secondary N) is 2. The molecule has 0 aliphatic heterocycles. The first-order valence-corrected chi connectivity index (χ1v) is 7.84. The lowest BCUT2D eigenvalue weighted by Gasteiger charge is -2.26. The van der Waals surface area contributed by atoms with Gasteiger partial charge in [-0.1, -0.05) is 18.2 Å². The third-order valence-corrected chi connectivity index (χ3v) is 4.57. The van der Waals surface area contributed by atoms with Crippen LogP contribution in [0.5, 0.6) is 0 Å². The molecule has 4 N–H and O–H groups in total. The second-order valence-corrected chi connectivity index (χ2v) is 6.09. The number of aromatic amines is 1. The van der Waals surface area contributed by atoms with Crippen molar-refractivity contribution in [1.82, 2.24) is 10.3 Å². The zero-order chi connectivity index (χ0) is 13.8. The maximum absolute atomic E-state index is 5.94. The minimum absolute atomic E-state index is 0.456. The van der Waals surface area contributed by atoms with Gasteiger partial charge >= 0.3 is 0 Å². The van der Waals surface area contributed by atoms with E-state index in [9.17, 15) is 0 Å². The molecule has 0 spiro atoms. The minimum atomic E-state index is 0.456. The normalized spacial score (nSPS) is 23.2. The van der Waals surface area contributed by atoms with Crippen LogP contribution in [0.25, 0.3) is 10.9 Å². The molecule has 1 heterocycles. The summed E-state index contributed by atoms with van der Waals surface area (Å²) in [5.74, 6) is 0.831. The summed E-state index contributed by atoms with van der Waals surface area (Å²) >= 11 is 0. The Morgan fingerprint density at radius 2 is 1.95 bits per heavy atom. The number of benzene rings is 1. The molecule has 3 heteroatoms. The van der Waals surface area contributed by atoms with Gasteiger partial charge in [-0.05, 0) is 62.7 Å². The molecule has 1 fully saturated rings. The molecule has 0 atom stereocenters. The van der Waals surface area contributed by atoms with Crippen LogP contribution in [0.1, 0.15) is 31.2 Å². The van der Waals surface area contributed by atoms with E-state index in [4.69, 9.17) is 5.73 Å². The van der Waals surface area contributed by atoms with Gasteiger partial charge in [0.2, 0.25) is 0 Å². The smallest absolute Gasteiger partial charge is 0.0456 e. The summed E-state index contributed by atoms with van der Waals surface area (Å²) in [7, 11) is 0. The van der Waals surface area contributed by atoms with Crippen LogP contribution in [0.3, 0.4) is 0 Å². The molecular weight excluding hydrogens is 246 g/mol. The molecule has 3 nitrogen and oxygen atoms in total. The Bertz CT molecular complexity index is 538. The number of fused-ring (bicyclic) bond motifs is 1. The predicted octanol–water partition coefficient (Wildman–Crippen LogP) is 2.82. The molecule has 0 bridgehead atoms. The van der Waals surface area contributed by atoms with E-state index in [-0.39, 0.29) is 0 Å². The lowest BCUT2D eigenvalue weighted by Crippen LogP contribution is -2.32. The number of aromatic nitrogens is 1. The van der Waals surface area contributed by atoms with Crippen LogP contribution >= 0.6 is 0 Å². The Morgan fingerprint density at radius 3 is 2.80 bits per heavy atom. The molecular formula is C17H25N3. The maximum atomic E-state index is 5.94. The van der Waals surface area contributed by atoms with Crippen molar-refractivity contribution in [2.75, 3.05) is 13.1 Å². The molecule has 108 valence electrons. The SMILES string of the molecule is N[C@H]1CC[C@H](CNCCc2c[nH]c3ccccc23)CC1. The second-order valence-electron chi connectivity index (χ2n) is 6.09. The Hall–Kier alpha value is -1.32. The highest BCUT2D eigenvalue weighted by Gasteiger charge is 2.17. The molecule has 2 aromatic rings. The van der Waals surface area contributed by atoms with E-state index in [2.05, 4.69) is 40.8 Å². The van der Waals surface area contributed by atoms with Crippen LogP contribution in [0.4, 0.5) is 0 Å². The molecule has 0 radical (unpaired) electrons. The molecule has 0 amide bonds. The van der Waals surface area contributed by atoms with Crippen LogP contribution in [0, 0.1) is 5.92 Å². The molecule has 3 rings (SSSR count). The molecule has 0 unspecified atom stereocenters. The van der Waals surface area contributed by atoms with Crippen molar-refractivity contribution < 1.29 is 0 Å². The Labute approximate surface area is 120 Å². The highest BCUT2D eigenvalue weighted by Crippen LogP contribution is 2.22. The van der Waals surface area contributed by atoms with E-state index >= 15 is 0 Å². The summed E-state index contributed by atoms with van der Waals surface area (Å²) in [5.41, 5.74) is 8.60. The quantitative estimate of drug-likeness (QED) is 0.732. The number of rotatable bonds is 5. The number of para-hydroxylation sites is 1. The van der Waals surface area contributed by atoms with Gasteiger partial charge in [-0.15, -0.1) is 0 Å². The number of hydrogen-bond acceptors (Lipinski definition) is 2. The maximum Gasteiger partial charge on any atom is 0.0456 e. The fraction of sp³-hybridized carbons (Fsp3) is 0.529. The average molecular weight is 271 g/mol. The van der Waals surface area contributed by atoms with E-state index in [1.807, 2.05) is 0 Å². The molecule has 0 saturated heterocycles. The summed E-state index contributed by atoms with van der Waals surface area (Å²) in [6.07, 6.45) is 8.23. The standard InChI is InChI=1S/C17H25N3/c18-15-7-5-13(6-8-15)11-19-10-9-14-12-20-17-4-2-1-3-16(14)17/h1-4,12-13,15,19-20H,5-11,18H2/t13-,15-.